The van der Waals surface area contributed by atoms with Gasteiger partial charge in [-0.2, -0.15) is 10.5 Å². The average molecular weight is 282 g/mol. The summed E-state index contributed by atoms with van der Waals surface area (Å²) in [5.74, 6) is -0.622. The minimum atomic E-state index is -0.622. The predicted molar refractivity (Wildman–Crippen MR) is 89.2 cm³/mol. The highest BCUT2D eigenvalue weighted by Gasteiger charge is 2.46. The minimum Gasteiger partial charge on any atom is -0.197 e. The molecular formula is C19H26N2. The quantitative estimate of drug-likeness (QED) is 0.478. The van der Waals surface area contributed by atoms with Crippen LogP contribution in [0, 0.1) is 34.0 Å². The molecule has 112 valence electrons. The fourth-order valence-electron chi connectivity index (χ4n) is 2.94. The summed E-state index contributed by atoms with van der Waals surface area (Å²) in [6.45, 7) is 15.5. The third-order valence-corrected chi connectivity index (χ3v) is 3.92. The van der Waals surface area contributed by atoms with Crippen molar-refractivity contribution in [3.63, 3.8) is 0 Å². The van der Waals surface area contributed by atoms with Crippen LogP contribution in [0.5, 0.6) is 0 Å². The lowest BCUT2D eigenvalue weighted by Crippen LogP contribution is -2.28. The van der Waals surface area contributed by atoms with Crippen molar-refractivity contribution < 1.29 is 0 Å². The van der Waals surface area contributed by atoms with Crippen molar-refractivity contribution in [3.8, 4) is 12.1 Å². The number of nitrogens with zero attached hydrogens (tertiary/aromatic N) is 2. The van der Waals surface area contributed by atoms with Gasteiger partial charge in [0.1, 0.15) is 5.92 Å². The second kappa shape index (κ2) is 9.78. The molecule has 0 aromatic carbocycles. The van der Waals surface area contributed by atoms with Gasteiger partial charge < -0.3 is 0 Å². The average Bonchev–Trinajstić information content (AvgIpc) is 2.82. The normalized spacial score (nSPS) is 22.1. The third-order valence-electron chi connectivity index (χ3n) is 3.92. The highest BCUT2D eigenvalue weighted by Crippen LogP contribution is 2.53. The lowest BCUT2D eigenvalue weighted by molar-refractivity contribution is 0.284. The van der Waals surface area contributed by atoms with E-state index in [1.165, 1.54) is 0 Å². The zero-order chi connectivity index (χ0) is 16.3. The fourth-order valence-corrected chi connectivity index (χ4v) is 2.94. The molecule has 0 aliphatic heterocycles. The third kappa shape index (κ3) is 4.20. The molecule has 1 aliphatic rings. The maximum atomic E-state index is 9.31. The first-order chi connectivity index (χ1) is 10.2. The Morgan fingerprint density at radius 1 is 1.29 bits per heavy atom. The van der Waals surface area contributed by atoms with Crippen LogP contribution in [0.1, 0.15) is 46.0 Å². The van der Waals surface area contributed by atoms with Crippen molar-refractivity contribution in [1.29, 1.82) is 10.5 Å². The van der Waals surface area contributed by atoms with E-state index in [-0.39, 0.29) is 5.41 Å². The first-order valence-electron chi connectivity index (χ1n) is 7.57. The van der Waals surface area contributed by atoms with Crippen LogP contribution in [-0.4, -0.2) is 0 Å². The van der Waals surface area contributed by atoms with Gasteiger partial charge in [-0.25, -0.2) is 0 Å². The van der Waals surface area contributed by atoms with Crippen molar-refractivity contribution in [2.24, 2.45) is 11.3 Å². The van der Waals surface area contributed by atoms with Crippen LogP contribution in [0.2, 0.25) is 0 Å². The molecule has 0 aromatic rings. The molecule has 0 saturated heterocycles. The molecule has 1 atom stereocenters. The van der Waals surface area contributed by atoms with Crippen LogP contribution in [0.25, 0.3) is 0 Å². The van der Waals surface area contributed by atoms with Gasteiger partial charge >= 0.3 is 0 Å². The van der Waals surface area contributed by atoms with E-state index in [9.17, 15) is 10.5 Å². The summed E-state index contributed by atoms with van der Waals surface area (Å²) < 4.78 is 0. The van der Waals surface area contributed by atoms with Crippen molar-refractivity contribution >= 4 is 0 Å². The molecule has 0 amide bonds. The van der Waals surface area contributed by atoms with Gasteiger partial charge in [-0.1, -0.05) is 50.8 Å². The first kappa shape index (κ1) is 18.9. The molecule has 0 aromatic heterocycles. The summed E-state index contributed by atoms with van der Waals surface area (Å²) in [5, 5.41) is 18.6. The summed E-state index contributed by atoms with van der Waals surface area (Å²) in [6.07, 6.45) is 9.86. The summed E-state index contributed by atoms with van der Waals surface area (Å²) in [7, 11) is 0. The Morgan fingerprint density at radius 2 is 1.90 bits per heavy atom. The van der Waals surface area contributed by atoms with Gasteiger partial charge in [-0.3, -0.25) is 0 Å². The molecule has 0 radical (unpaired) electrons. The smallest absolute Gasteiger partial charge is 0.142 e. The van der Waals surface area contributed by atoms with Gasteiger partial charge in [0.05, 0.1) is 12.1 Å². The van der Waals surface area contributed by atoms with E-state index in [0.717, 1.165) is 43.3 Å². The van der Waals surface area contributed by atoms with Gasteiger partial charge in [0.15, 0.2) is 0 Å². The SMILES string of the molecule is C=C/C=C1\C(=C)CCC1(CCCC=C)C(C#N)C#N.CC. The van der Waals surface area contributed by atoms with Gasteiger partial charge in [0.25, 0.3) is 0 Å². The minimum absolute atomic E-state index is 0.377. The Labute approximate surface area is 129 Å². The number of allylic oxidation sites excluding steroid dienone is 5. The van der Waals surface area contributed by atoms with E-state index in [4.69, 9.17) is 0 Å². The summed E-state index contributed by atoms with van der Waals surface area (Å²) in [6, 6.07) is 4.33. The van der Waals surface area contributed by atoms with E-state index in [0.29, 0.717) is 0 Å². The molecule has 21 heavy (non-hydrogen) atoms. The van der Waals surface area contributed by atoms with Crippen LogP contribution in [0.15, 0.2) is 49.1 Å². The van der Waals surface area contributed by atoms with Crippen molar-refractivity contribution in [2.45, 2.75) is 46.0 Å². The van der Waals surface area contributed by atoms with E-state index < -0.39 is 5.92 Å². The molecule has 1 rings (SSSR count). The Hall–Kier alpha value is -2.06. The van der Waals surface area contributed by atoms with Gasteiger partial charge in [-0.05, 0) is 37.7 Å². The number of unbranched alkanes of at least 4 members (excludes halogenated alkanes) is 1. The Morgan fingerprint density at radius 3 is 2.38 bits per heavy atom. The molecule has 2 nitrogen and oxygen atoms in total. The zero-order valence-corrected chi connectivity index (χ0v) is 13.4. The molecule has 1 aliphatic carbocycles. The first-order valence-corrected chi connectivity index (χ1v) is 7.57. The van der Waals surface area contributed by atoms with Crippen molar-refractivity contribution in [1.82, 2.24) is 0 Å². The molecule has 0 bridgehead atoms. The molecule has 1 saturated carbocycles. The molecule has 1 fully saturated rings. The number of hydrogen-bond acceptors (Lipinski definition) is 2. The van der Waals surface area contributed by atoms with Crippen LogP contribution in [-0.2, 0) is 0 Å². The Balaban J connectivity index is 0.00000191. The van der Waals surface area contributed by atoms with Gasteiger partial charge in [0.2, 0.25) is 0 Å². The standard InChI is InChI=1S/C17H20N2.C2H6/c1-4-6-7-10-17(15(12-18)13-19)11-9-14(3)16(17)8-5-2;1-2/h4-5,8,15H,1-3,6-7,9-11H2;1-2H3/b16-8+;. The van der Waals surface area contributed by atoms with Crippen LogP contribution in [0.4, 0.5) is 0 Å². The van der Waals surface area contributed by atoms with Gasteiger partial charge in [0, 0.05) is 5.41 Å². The van der Waals surface area contributed by atoms with E-state index in [2.05, 4.69) is 31.9 Å². The second-order valence-electron chi connectivity index (χ2n) is 4.95. The predicted octanol–water partition coefficient (Wildman–Crippen LogP) is 5.48. The Bertz CT molecular complexity index is 471. The van der Waals surface area contributed by atoms with Crippen LogP contribution < -0.4 is 0 Å². The van der Waals surface area contributed by atoms with Crippen molar-refractivity contribution in [3.05, 3.63) is 49.1 Å². The molecular weight excluding hydrogens is 256 g/mol. The Kier molecular flexibility index (Phi) is 8.82. The maximum Gasteiger partial charge on any atom is 0.142 e. The van der Waals surface area contributed by atoms with Crippen molar-refractivity contribution in [2.75, 3.05) is 0 Å². The van der Waals surface area contributed by atoms with Crippen LogP contribution >= 0.6 is 0 Å². The largest absolute Gasteiger partial charge is 0.197 e. The molecule has 0 heterocycles. The maximum absolute atomic E-state index is 9.31. The molecule has 0 N–H and O–H groups in total. The fraction of sp³-hybridized carbons (Fsp3) is 0.474. The zero-order valence-electron chi connectivity index (χ0n) is 13.4. The van der Waals surface area contributed by atoms with E-state index >= 15 is 0 Å². The lowest BCUT2D eigenvalue weighted by atomic mass is 9.68. The van der Waals surface area contributed by atoms with Gasteiger partial charge in [-0.15, -0.1) is 6.58 Å². The summed E-state index contributed by atoms with van der Waals surface area (Å²) in [5.41, 5.74) is 1.70. The van der Waals surface area contributed by atoms with E-state index in [1.807, 2.05) is 26.0 Å². The monoisotopic (exact) mass is 282 g/mol. The number of hydrogen-bond donors (Lipinski definition) is 0. The lowest BCUT2D eigenvalue weighted by Gasteiger charge is -2.32. The molecule has 1 unspecified atom stereocenters. The second-order valence-corrected chi connectivity index (χ2v) is 4.95. The van der Waals surface area contributed by atoms with Crippen LogP contribution in [0.3, 0.4) is 0 Å². The summed E-state index contributed by atoms with van der Waals surface area (Å²) >= 11 is 0. The highest BCUT2D eigenvalue weighted by atomic mass is 14.5. The topological polar surface area (TPSA) is 47.6 Å². The summed E-state index contributed by atoms with van der Waals surface area (Å²) in [4.78, 5) is 0. The molecule has 2 heteroatoms. The number of rotatable bonds is 6. The molecule has 0 spiro atoms. The van der Waals surface area contributed by atoms with E-state index in [1.54, 1.807) is 6.08 Å². The highest BCUT2D eigenvalue weighted by molar-refractivity contribution is 5.44. The number of nitriles is 2.